The zero-order chi connectivity index (χ0) is 14.1. The Kier molecular flexibility index (Phi) is 8.37. The monoisotopic (exact) mass is 258 g/mol. The summed E-state index contributed by atoms with van der Waals surface area (Å²) in [6.07, 6.45) is 2.49. The molecule has 0 saturated carbocycles. The zero-order valence-electron chi connectivity index (χ0n) is 11.6. The third-order valence-electron chi connectivity index (χ3n) is 3.35. The lowest BCUT2D eigenvalue weighted by molar-refractivity contribution is -0.137. The van der Waals surface area contributed by atoms with Crippen molar-refractivity contribution in [1.29, 1.82) is 0 Å². The van der Waals surface area contributed by atoms with Crippen molar-refractivity contribution in [3.05, 3.63) is 0 Å². The first-order chi connectivity index (χ1) is 8.38. The first-order valence-corrected chi connectivity index (χ1v) is 6.63. The Morgan fingerprint density at radius 3 is 2.39 bits per heavy atom. The Morgan fingerprint density at radius 1 is 1.28 bits per heavy atom. The number of carbonyl (C=O) groups is 2. The molecular formula is C13H26N2O3. The highest BCUT2D eigenvalue weighted by Crippen LogP contribution is 2.09. The van der Waals surface area contributed by atoms with Gasteiger partial charge in [0, 0.05) is 13.0 Å². The van der Waals surface area contributed by atoms with Gasteiger partial charge in [-0.25, -0.2) is 0 Å². The zero-order valence-corrected chi connectivity index (χ0v) is 11.6. The number of nitrogens with two attached hydrogens (primary N) is 1. The van der Waals surface area contributed by atoms with Crippen LogP contribution in [-0.2, 0) is 9.59 Å². The van der Waals surface area contributed by atoms with Gasteiger partial charge in [-0.3, -0.25) is 9.59 Å². The molecule has 0 fully saturated rings. The molecule has 4 N–H and O–H groups in total. The number of rotatable bonds is 9. The molecule has 0 aliphatic carbocycles. The van der Waals surface area contributed by atoms with E-state index in [4.69, 9.17) is 10.8 Å². The Labute approximate surface area is 109 Å². The van der Waals surface area contributed by atoms with E-state index in [0.717, 1.165) is 12.8 Å². The van der Waals surface area contributed by atoms with Crippen LogP contribution in [0.1, 0.15) is 46.5 Å². The number of amides is 1. The molecule has 1 amide bonds. The van der Waals surface area contributed by atoms with Crippen molar-refractivity contribution in [3.8, 4) is 0 Å². The van der Waals surface area contributed by atoms with Gasteiger partial charge in [-0.05, 0) is 24.7 Å². The summed E-state index contributed by atoms with van der Waals surface area (Å²) < 4.78 is 0. The predicted molar refractivity (Wildman–Crippen MR) is 71.1 cm³/mol. The maximum absolute atomic E-state index is 11.7. The number of nitrogens with one attached hydrogen (secondary N) is 1. The quantitative estimate of drug-likeness (QED) is 0.582. The fraction of sp³-hybridized carbons (Fsp3) is 0.846. The van der Waals surface area contributed by atoms with E-state index in [0.29, 0.717) is 18.9 Å². The van der Waals surface area contributed by atoms with Gasteiger partial charge in [0.1, 0.15) is 0 Å². The number of hydrogen-bond acceptors (Lipinski definition) is 3. The van der Waals surface area contributed by atoms with E-state index in [9.17, 15) is 9.59 Å². The summed E-state index contributed by atoms with van der Waals surface area (Å²) in [7, 11) is 0. The highest BCUT2D eigenvalue weighted by molar-refractivity contribution is 5.81. The molecule has 0 heterocycles. The van der Waals surface area contributed by atoms with Crippen molar-refractivity contribution in [3.63, 3.8) is 0 Å². The molecule has 18 heavy (non-hydrogen) atoms. The minimum atomic E-state index is -0.773. The smallest absolute Gasteiger partial charge is 0.303 e. The molecule has 0 aromatic heterocycles. The molecule has 3 atom stereocenters. The van der Waals surface area contributed by atoms with E-state index < -0.39 is 12.0 Å². The van der Waals surface area contributed by atoms with E-state index in [1.807, 2.05) is 20.8 Å². The average Bonchev–Trinajstić information content (AvgIpc) is 2.34. The molecule has 0 spiro atoms. The molecular weight excluding hydrogens is 232 g/mol. The third-order valence-corrected chi connectivity index (χ3v) is 3.35. The fourth-order valence-corrected chi connectivity index (χ4v) is 1.59. The largest absolute Gasteiger partial charge is 0.481 e. The van der Waals surface area contributed by atoms with Gasteiger partial charge in [-0.15, -0.1) is 0 Å². The average molecular weight is 258 g/mol. The molecule has 0 bridgehead atoms. The first-order valence-electron chi connectivity index (χ1n) is 6.63. The van der Waals surface area contributed by atoms with Gasteiger partial charge in [0.2, 0.25) is 5.91 Å². The summed E-state index contributed by atoms with van der Waals surface area (Å²) in [6, 6.07) is -0.454. The third kappa shape index (κ3) is 7.27. The van der Waals surface area contributed by atoms with Crippen LogP contribution in [0.3, 0.4) is 0 Å². The normalized spacial score (nSPS) is 15.8. The van der Waals surface area contributed by atoms with E-state index >= 15 is 0 Å². The Morgan fingerprint density at radius 2 is 1.89 bits per heavy atom. The Bertz CT molecular complexity index is 269. The maximum atomic E-state index is 11.7. The SMILES string of the molecule is CCC(C)C(N)C(=O)NCCC(C)CCC(=O)O. The van der Waals surface area contributed by atoms with Crippen LogP contribution in [0, 0.1) is 11.8 Å². The van der Waals surface area contributed by atoms with E-state index in [-0.39, 0.29) is 18.2 Å². The minimum absolute atomic E-state index is 0.116. The van der Waals surface area contributed by atoms with Crippen molar-refractivity contribution in [2.24, 2.45) is 17.6 Å². The van der Waals surface area contributed by atoms with Crippen molar-refractivity contribution in [2.45, 2.75) is 52.5 Å². The van der Waals surface area contributed by atoms with Crippen molar-refractivity contribution >= 4 is 11.9 Å². The fourth-order valence-electron chi connectivity index (χ4n) is 1.59. The van der Waals surface area contributed by atoms with Crippen LogP contribution in [0.2, 0.25) is 0 Å². The summed E-state index contributed by atoms with van der Waals surface area (Å²) >= 11 is 0. The second-order valence-corrected chi connectivity index (χ2v) is 5.03. The summed E-state index contributed by atoms with van der Waals surface area (Å²) in [5.74, 6) is -0.421. The molecule has 0 saturated heterocycles. The Balaban J connectivity index is 3.76. The second-order valence-electron chi connectivity index (χ2n) is 5.03. The van der Waals surface area contributed by atoms with Crippen LogP contribution in [0.25, 0.3) is 0 Å². The van der Waals surface area contributed by atoms with Gasteiger partial charge in [-0.1, -0.05) is 27.2 Å². The van der Waals surface area contributed by atoms with Crippen molar-refractivity contribution < 1.29 is 14.7 Å². The lowest BCUT2D eigenvalue weighted by Crippen LogP contribution is -2.45. The predicted octanol–water partition coefficient (Wildman–Crippen LogP) is 1.37. The van der Waals surface area contributed by atoms with Gasteiger partial charge in [-0.2, -0.15) is 0 Å². The van der Waals surface area contributed by atoms with E-state index in [1.165, 1.54) is 0 Å². The first kappa shape index (κ1) is 16.9. The highest BCUT2D eigenvalue weighted by atomic mass is 16.4. The van der Waals surface area contributed by atoms with Gasteiger partial charge < -0.3 is 16.2 Å². The summed E-state index contributed by atoms with van der Waals surface area (Å²) in [5, 5.41) is 11.4. The van der Waals surface area contributed by atoms with Gasteiger partial charge in [0.25, 0.3) is 0 Å². The number of aliphatic carboxylic acids is 1. The van der Waals surface area contributed by atoms with Gasteiger partial charge >= 0.3 is 5.97 Å². The lowest BCUT2D eigenvalue weighted by Gasteiger charge is -2.18. The molecule has 0 rings (SSSR count). The molecule has 5 nitrogen and oxygen atoms in total. The van der Waals surface area contributed by atoms with Gasteiger partial charge in [0.15, 0.2) is 0 Å². The number of carboxylic acid groups (broad SMARTS) is 1. The van der Waals surface area contributed by atoms with Crippen LogP contribution < -0.4 is 11.1 Å². The van der Waals surface area contributed by atoms with Crippen LogP contribution in [0.15, 0.2) is 0 Å². The van der Waals surface area contributed by atoms with Crippen LogP contribution in [0.5, 0.6) is 0 Å². The molecule has 3 unspecified atom stereocenters. The van der Waals surface area contributed by atoms with Crippen molar-refractivity contribution in [1.82, 2.24) is 5.32 Å². The van der Waals surface area contributed by atoms with E-state index in [1.54, 1.807) is 0 Å². The molecule has 0 radical (unpaired) electrons. The highest BCUT2D eigenvalue weighted by Gasteiger charge is 2.18. The van der Waals surface area contributed by atoms with Crippen molar-refractivity contribution in [2.75, 3.05) is 6.54 Å². The summed E-state index contributed by atoms with van der Waals surface area (Å²) in [6.45, 7) is 6.51. The minimum Gasteiger partial charge on any atom is -0.481 e. The molecule has 0 aliphatic rings. The van der Waals surface area contributed by atoms with Crippen LogP contribution >= 0.6 is 0 Å². The number of carboxylic acids is 1. The lowest BCUT2D eigenvalue weighted by atomic mass is 9.99. The summed E-state index contributed by atoms with van der Waals surface area (Å²) in [4.78, 5) is 22.1. The standard InChI is InChI=1S/C13H26N2O3/c1-4-10(3)12(14)13(18)15-8-7-9(2)5-6-11(16)17/h9-10,12H,4-8,14H2,1-3H3,(H,15,18)(H,16,17). The molecule has 106 valence electrons. The second kappa shape index (κ2) is 8.91. The van der Waals surface area contributed by atoms with Gasteiger partial charge in [0.05, 0.1) is 6.04 Å². The topological polar surface area (TPSA) is 92.4 Å². The molecule has 5 heteroatoms. The Hall–Kier alpha value is -1.10. The maximum Gasteiger partial charge on any atom is 0.303 e. The van der Waals surface area contributed by atoms with Crippen LogP contribution in [-0.4, -0.2) is 29.6 Å². The summed E-state index contributed by atoms with van der Waals surface area (Å²) in [5.41, 5.74) is 5.80. The number of carbonyl (C=O) groups excluding carboxylic acids is 1. The molecule has 0 aliphatic heterocycles. The number of hydrogen-bond donors (Lipinski definition) is 3. The van der Waals surface area contributed by atoms with E-state index in [2.05, 4.69) is 5.32 Å². The van der Waals surface area contributed by atoms with Crippen LogP contribution in [0.4, 0.5) is 0 Å². The molecule has 0 aromatic rings. The molecule has 0 aromatic carbocycles.